The van der Waals surface area contributed by atoms with Gasteiger partial charge in [-0.2, -0.15) is 0 Å². The highest BCUT2D eigenvalue weighted by atomic mass is 16.6. The molecule has 1 aromatic heterocycles. The summed E-state index contributed by atoms with van der Waals surface area (Å²) in [4.78, 5) is 16.3. The van der Waals surface area contributed by atoms with Crippen LogP contribution >= 0.6 is 0 Å². The van der Waals surface area contributed by atoms with Gasteiger partial charge in [-0.3, -0.25) is 0 Å². The van der Waals surface area contributed by atoms with E-state index in [9.17, 15) is 4.79 Å². The number of aromatic nitrogens is 1. The van der Waals surface area contributed by atoms with Gasteiger partial charge in [0.15, 0.2) is 5.76 Å². The molecule has 0 unspecified atom stereocenters. The Morgan fingerprint density at radius 2 is 2.00 bits per heavy atom. The molecule has 33 heavy (non-hydrogen) atoms. The van der Waals surface area contributed by atoms with E-state index in [2.05, 4.69) is 33.8 Å². The van der Waals surface area contributed by atoms with Gasteiger partial charge in [0.1, 0.15) is 12.9 Å². The maximum absolute atomic E-state index is 11.9. The Morgan fingerprint density at radius 3 is 2.73 bits per heavy atom. The minimum absolute atomic E-state index is 0.166. The fourth-order valence-electron chi connectivity index (χ4n) is 3.33. The Balaban J connectivity index is 1.69. The molecule has 0 saturated carbocycles. The average molecular weight is 448 g/mol. The van der Waals surface area contributed by atoms with Crippen LogP contribution in [-0.4, -0.2) is 35.7 Å². The molecule has 0 fully saturated rings. The highest BCUT2D eigenvalue weighted by Gasteiger charge is 2.16. The summed E-state index contributed by atoms with van der Waals surface area (Å²) in [5.41, 5.74) is 4.33. The number of anilines is 2. The molecular formula is C25H31BN3O4. The van der Waals surface area contributed by atoms with Crippen molar-refractivity contribution < 1.29 is 19.1 Å². The number of aliphatic hydroxyl groups is 1. The third kappa shape index (κ3) is 7.39. The monoisotopic (exact) mass is 448 g/mol. The van der Waals surface area contributed by atoms with Gasteiger partial charge in [-0.05, 0) is 62.9 Å². The zero-order chi connectivity index (χ0) is 23.8. The van der Waals surface area contributed by atoms with E-state index in [1.807, 2.05) is 59.1 Å². The standard InChI is InChI=1S/C25H31BN3O4/c1-25(2,3)33-24(31)28-15-18-7-5-9-19(13-18)29-23-27-16-22(32-23)20-14-17(8-6-12-30)10-11-21(20)26-4/h5,7,9-11,13-14,16,30H,6,8,12,15H2,1-4H3,(H,27,29)(H,28,31). The van der Waals surface area contributed by atoms with Crippen molar-refractivity contribution in [3.8, 4) is 11.3 Å². The molecule has 0 bridgehead atoms. The van der Waals surface area contributed by atoms with E-state index in [0.717, 1.165) is 40.7 Å². The molecule has 0 saturated heterocycles. The largest absolute Gasteiger partial charge is 0.444 e. The molecule has 3 rings (SSSR count). The van der Waals surface area contributed by atoms with Crippen LogP contribution in [-0.2, 0) is 17.7 Å². The van der Waals surface area contributed by atoms with Crippen molar-refractivity contribution in [2.45, 2.75) is 52.6 Å². The van der Waals surface area contributed by atoms with Crippen LogP contribution in [0, 0.1) is 0 Å². The molecule has 0 aliphatic heterocycles. The number of rotatable bonds is 9. The van der Waals surface area contributed by atoms with Gasteiger partial charge >= 0.3 is 6.09 Å². The summed E-state index contributed by atoms with van der Waals surface area (Å²) in [6, 6.07) is 14.2. The van der Waals surface area contributed by atoms with Crippen molar-refractivity contribution in [2.24, 2.45) is 0 Å². The molecule has 8 heteroatoms. The third-order valence-electron chi connectivity index (χ3n) is 4.84. The van der Waals surface area contributed by atoms with Gasteiger partial charge in [-0.1, -0.05) is 36.6 Å². The lowest BCUT2D eigenvalue weighted by molar-refractivity contribution is 0.0523. The lowest BCUT2D eigenvalue weighted by atomic mass is 9.70. The number of alkyl carbamates (subject to hydrolysis) is 1. The van der Waals surface area contributed by atoms with Crippen LogP contribution in [0.4, 0.5) is 16.5 Å². The van der Waals surface area contributed by atoms with Crippen LogP contribution in [0.5, 0.6) is 0 Å². The maximum atomic E-state index is 11.9. The molecule has 173 valence electrons. The molecule has 0 atom stereocenters. The zero-order valence-corrected chi connectivity index (χ0v) is 19.6. The normalized spacial score (nSPS) is 11.2. The van der Waals surface area contributed by atoms with Crippen LogP contribution in [0.15, 0.2) is 53.1 Å². The van der Waals surface area contributed by atoms with E-state index in [1.165, 1.54) is 0 Å². The molecule has 3 aromatic rings. The fraction of sp³-hybridized carbons (Fsp3) is 0.360. The number of aryl methyl sites for hydroxylation is 1. The Kier molecular flexibility index (Phi) is 8.17. The average Bonchev–Trinajstić information content (AvgIpc) is 3.23. The van der Waals surface area contributed by atoms with Gasteiger partial charge in [-0.15, -0.1) is 0 Å². The number of amides is 1. The van der Waals surface area contributed by atoms with Crippen LogP contribution in [0.25, 0.3) is 11.3 Å². The lowest BCUT2D eigenvalue weighted by Crippen LogP contribution is -2.32. The number of carbonyl (C=O) groups is 1. The smallest absolute Gasteiger partial charge is 0.407 e. The van der Waals surface area contributed by atoms with E-state index >= 15 is 0 Å². The summed E-state index contributed by atoms with van der Waals surface area (Å²) < 4.78 is 11.3. The van der Waals surface area contributed by atoms with Gasteiger partial charge in [0.25, 0.3) is 6.01 Å². The Hall–Kier alpha value is -3.26. The molecular weight excluding hydrogens is 417 g/mol. The molecule has 0 spiro atoms. The number of hydrogen-bond donors (Lipinski definition) is 3. The number of benzene rings is 2. The highest BCUT2D eigenvalue weighted by Crippen LogP contribution is 2.25. The first-order valence-corrected chi connectivity index (χ1v) is 11.1. The first-order chi connectivity index (χ1) is 15.8. The molecule has 1 radical (unpaired) electrons. The maximum Gasteiger partial charge on any atom is 0.407 e. The summed E-state index contributed by atoms with van der Waals surface area (Å²) in [7, 11) is 2.03. The van der Waals surface area contributed by atoms with Crippen LogP contribution < -0.4 is 16.1 Å². The van der Waals surface area contributed by atoms with Crippen molar-refractivity contribution in [3.63, 3.8) is 0 Å². The minimum atomic E-state index is -0.538. The molecule has 7 nitrogen and oxygen atoms in total. The van der Waals surface area contributed by atoms with Crippen LogP contribution in [0.1, 0.15) is 38.3 Å². The number of nitrogens with zero attached hydrogens (tertiary/aromatic N) is 1. The van der Waals surface area contributed by atoms with Gasteiger partial charge < -0.3 is 24.9 Å². The van der Waals surface area contributed by atoms with Crippen molar-refractivity contribution in [1.82, 2.24) is 10.3 Å². The second kappa shape index (κ2) is 11.1. The van der Waals surface area contributed by atoms with E-state index in [-0.39, 0.29) is 6.61 Å². The fourth-order valence-corrected chi connectivity index (χ4v) is 3.33. The number of oxazole rings is 1. The van der Waals surface area contributed by atoms with Crippen molar-refractivity contribution >= 4 is 30.5 Å². The van der Waals surface area contributed by atoms with Gasteiger partial charge in [0.2, 0.25) is 0 Å². The minimum Gasteiger partial charge on any atom is -0.444 e. The number of hydrogen-bond acceptors (Lipinski definition) is 6. The van der Waals surface area contributed by atoms with E-state index in [1.54, 1.807) is 6.20 Å². The quantitative estimate of drug-likeness (QED) is 0.420. The predicted octanol–water partition coefficient (Wildman–Crippen LogP) is 4.41. The first-order valence-electron chi connectivity index (χ1n) is 11.1. The summed E-state index contributed by atoms with van der Waals surface area (Å²) in [6.07, 6.45) is 2.77. The number of ether oxygens (including phenoxy) is 1. The SMILES string of the molecule is C[B]c1ccc(CCCO)cc1-c1cnc(Nc2cccc(CNC(=O)OC(C)(C)C)c2)o1. The van der Waals surface area contributed by atoms with Crippen molar-refractivity contribution in [2.75, 3.05) is 11.9 Å². The van der Waals surface area contributed by atoms with Gasteiger partial charge in [-0.25, -0.2) is 9.78 Å². The second-order valence-electron chi connectivity index (χ2n) is 8.75. The Morgan fingerprint density at radius 1 is 1.18 bits per heavy atom. The van der Waals surface area contributed by atoms with E-state index in [4.69, 9.17) is 14.3 Å². The molecule has 1 amide bonds. The van der Waals surface area contributed by atoms with Gasteiger partial charge in [0, 0.05) is 24.4 Å². The van der Waals surface area contributed by atoms with Crippen molar-refractivity contribution in [1.29, 1.82) is 0 Å². The highest BCUT2D eigenvalue weighted by molar-refractivity contribution is 6.54. The Bertz CT molecular complexity index is 1080. The molecule has 0 aliphatic carbocycles. The van der Waals surface area contributed by atoms with Crippen LogP contribution in [0.2, 0.25) is 6.82 Å². The van der Waals surface area contributed by atoms with Crippen molar-refractivity contribution in [3.05, 3.63) is 59.8 Å². The first kappa shape index (κ1) is 24.4. The Labute approximate surface area is 195 Å². The predicted molar refractivity (Wildman–Crippen MR) is 131 cm³/mol. The molecule has 3 N–H and O–H groups in total. The summed E-state index contributed by atoms with van der Waals surface area (Å²) in [5, 5.41) is 15.1. The van der Waals surface area contributed by atoms with E-state index < -0.39 is 11.7 Å². The van der Waals surface area contributed by atoms with E-state index in [0.29, 0.717) is 18.3 Å². The topological polar surface area (TPSA) is 96.6 Å². The molecule has 1 heterocycles. The van der Waals surface area contributed by atoms with Crippen LogP contribution in [0.3, 0.4) is 0 Å². The second-order valence-corrected chi connectivity index (χ2v) is 8.75. The number of aliphatic hydroxyl groups excluding tert-OH is 1. The molecule has 0 aliphatic rings. The molecule has 2 aromatic carbocycles. The summed E-state index contributed by atoms with van der Waals surface area (Å²) in [5.74, 6) is 0.666. The van der Waals surface area contributed by atoms with Gasteiger partial charge in [0.05, 0.1) is 6.20 Å². The zero-order valence-electron chi connectivity index (χ0n) is 19.6. The summed E-state index contributed by atoms with van der Waals surface area (Å²) >= 11 is 0. The number of carbonyl (C=O) groups excluding carboxylic acids is 1. The third-order valence-corrected chi connectivity index (χ3v) is 4.84. The lowest BCUT2D eigenvalue weighted by Gasteiger charge is -2.19. The summed E-state index contributed by atoms with van der Waals surface area (Å²) in [6.45, 7) is 7.98. The number of nitrogens with one attached hydrogen (secondary N) is 2.